The maximum absolute atomic E-state index is 13.0. The van der Waals surface area contributed by atoms with Gasteiger partial charge in [0.05, 0.1) is 17.6 Å². The lowest BCUT2D eigenvalue weighted by Gasteiger charge is -2.29. The zero-order valence-electron chi connectivity index (χ0n) is 19.9. The fourth-order valence-electron chi connectivity index (χ4n) is 5.19. The van der Waals surface area contributed by atoms with E-state index in [4.69, 9.17) is 4.98 Å². The summed E-state index contributed by atoms with van der Waals surface area (Å²) in [5.41, 5.74) is 2.16. The van der Waals surface area contributed by atoms with Gasteiger partial charge in [0, 0.05) is 36.8 Å². The van der Waals surface area contributed by atoms with Crippen LogP contribution < -0.4 is 15.5 Å². The molecule has 2 amide bonds. The highest BCUT2D eigenvalue weighted by atomic mass is 79.9. The molecule has 1 aliphatic heterocycles. The number of halogens is 3. The van der Waals surface area contributed by atoms with Crippen LogP contribution in [0.3, 0.4) is 0 Å². The lowest BCUT2D eigenvalue weighted by Crippen LogP contribution is -2.38. The molecule has 1 fully saturated rings. The number of hydrogen-bond acceptors (Lipinski definition) is 6. The third-order valence-electron chi connectivity index (χ3n) is 7.06. The van der Waals surface area contributed by atoms with Crippen LogP contribution in [-0.2, 0) is 16.0 Å². The third-order valence-corrected chi connectivity index (χ3v) is 7.64. The Morgan fingerprint density at radius 1 is 1.33 bits per heavy atom. The minimum absolute atomic E-state index is 0.0337. The molecule has 2 aromatic heterocycles. The number of benzene rings is 1. The molecule has 9 nitrogen and oxygen atoms in total. The monoisotopic (exact) mass is 561 g/mol. The van der Waals surface area contributed by atoms with E-state index in [1.54, 1.807) is 30.1 Å². The standard InChI is InChI=1S/C24H26BrF2N7O2/c1-24(22(36)28-2)8-7-14(10-24)30-23-29-11-16-20(25)32-34(21(16)31-23)15-4-5-17-13(9-15)3-6-19(35)33(17)12-18(26)27/h4-5,9,11,14,18H,3,6-8,10,12H2,1-2H3,(H,28,36)(H,29,30,31)/t14-,24-/m1/s1. The first-order valence-corrected chi connectivity index (χ1v) is 12.6. The van der Waals surface area contributed by atoms with Gasteiger partial charge in [0.15, 0.2) is 5.65 Å². The highest BCUT2D eigenvalue weighted by Gasteiger charge is 2.41. The molecule has 0 bridgehead atoms. The van der Waals surface area contributed by atoms with Crippen LogP contribution in [0.2, 0.25) is 0 Å². The van der Waals surface area contributed by atoms with E-state index in [-0.39, 0.29) is 24.3 Å². The molecular formula is C24H26BrF2N7O2. The molecule has 1 saturated carbocycles. The second-order valence-electron chi connectivity index (χ2n) is 9.57. The number of amides is 2. The van der Waals surface area contributed by atoms with Gasteiger partial charge in [-0.3, -0.25) is 9.59 Å². The first kappa shape index (κ1) is 24.5. The molecule has 2 atom stereocenters. The normalized spacial score (nSPS) is 21.8. The van der Waals surface area contributed by atoms with Gasteiger partial charge in [-0.25, -0.2) is 18.4 Å². The van der Waals surface area contributed by atoms with Gasteiger partial charge in [-0.05, 0) is 65.4 Å². The second kappa shape index (κ2) is 9.38. The smallest absolute Gasteiger partial charge is 0.256 e. The van der Waals surface area contributed by atoms with Crippen LogP contribution in [0.15, 0.2) is 29.0 Å². The summed E-state index contributed by atoms with van der Waals surface area (Å²) >= 11 is 3.47. The largest absolute Gasteiger partial charge is 0.359 e. The number of alkyl halides is 2. The van der Waals surface area contributed by atoms with Crippen molar-refractivity contribution in [3.05, 3.63) is 34.6 Å². The molecule has 1 aromatic carbocycles. The molecule has 2 aliphatic rings. The van der Waals surface area contributed by atoms with Crippen molar-refractivity contribution in [2.24, 2.45) is 5.41 Å². The van der Waals surface area contributed by atoms with Gasteiger partial charge >= 0.3 is 0 Å². The summed E-state index contributed by atoms with van der Waals surface area (Å²) in [4.78, 5) is 34.8. The van der Waals surface area contributed by atoms with Gasteiger partial charge in [0.1, 0.15) is 4.60 Å². The Morgan fingerprint density at radius 3 is 2.89 bits per heavy atom. The van der Waals surface area contributed by atoms with Crippen LogP contribution in [0, 0.1) is 5.41 Å². The predicted molar refractivity (Wildman–Crippen MR) is 134 cm³/mol. The second-order valence-corrected chi connectivity index (χ2v) is 10.3. The average molecular weight is 562 g/mol. The number of carbonyl (C=O) groups excluding carboxylic acids is 2. The minimum atomic E-state index is -2.61. The van der Waals surface area contributed by atoms with Crippen molar-refractivity contribution in [3.63, 3.8) is 0 Å². The van der Waals surface area contributed by atoms with E-state index in [0.717, 1.165) is 28.7 Å². The fourth-order valence-corrected chi connectivity index (χ4v) is 5.63. The Balaban J connectivity index is 1.44. The average Bonchev–Trinajstić information content (AvgIpc) is 3.40. The van der Waals surface area contributed by atoms with Gasteiger partial charge in [0.2, 0.25) is 17.8 Å². The predicted octanol–water partition coefficient (Wildman–Crippen LogP) is 3.84. The summed E-state index contributed by atoms with van der Waals surface area (Å²) in [6.45, 7) is 1.35. The van der Waals surface area contributed by atoms with Gasteiger partial charge in [0.25, 0.3) is 6.43 Å². The zero-order valence-corrected chi connectivity index (χ0v) is 21.5. The number of nitrogens with zero attached hydrogens (tertiary/aromatic N) is 5. The van der Waals surface area contributed by atoms with Crippen molar-refractivity contribution in [2.45, 2.75) is 51.5 Å². The van der Waals surface area contributed by atoms with E-state index in [1.165, 1.54) is 0 Å². The lowest BCUT2D eigenvalue weighted by atomic mass is 9.87. The Bertz CT molecular complexity index is 1350. The summed E-state index contributed by atoms with van der Waals surface area (Å²) in [6, 6.07) is 5.35. The third kappa shape index (κ3) is 4.42. The molecule has 0 spiro atoms. The topological polar surface area (TPSA) is 105 Å². The van der Waals surface area contributed by atoms with E-state index in [2.05, 4.69) is 36.6 Å². The Morgan fingerprint density at radius 2 is 2.14 bits per heavy atom. The molecule has 3 heterocycles. The number of aryl methyl sites for hydroxylation is 1. The van der Waals surface area contributed by atoms with Crippen LogP contribution in [-0.4, -0.2) is 57.6 Å². The first-order valence-electron chi connectivity index (χ1n) is 11.8. The van der Waals surface area contributed by atoms with E-state index < -0.39 is 18.4 Å². The molecule has 0 unspecified atom stereocenters. The molecule has 36 heavy (non-hydrogen) atoms. The molecule has 0 radical (unpaired) electrons. The first-order chi connectivity index (χ1) is 17.2. The molecule has 5 rings (SSSR count). The van der Waals surface area contributed by atoms with E-state index in [1.807, 2.05) is 13.0 Å². The number of aromatic nitrogens is 4. The van der Waals surface area contributed by atoms with Crippen molar-refractivity contribution in [3.8, 4) is 5.69 Å². The highest BCUT2D eigenvalue weighted by Crippen LogP contribution is 2.39. The zero-order chi connectivity index (χ0) is 25.6. The molecule has 3 aromatic rings. The molecule has 12 heteroatoms. The van der Waals surface area contributed by atoms with Crippen LogP contribution in [0.25, 0.3) is 16.7 Å². The fraction of sp³-hybridized carbons (Fsp3) is 0.458. The summed E-state index contributed by atoms with van der Waals surface area (Å²) in [5.74, 6) is 0.172. The van der Waals surface area contributed by atoms with Gasteiger partial charge < -0.3 is 15.5 Å². The number of carbonyl (C=O) groups is 2. The quantitative estimate of drug-likeness (QED) is 0.473. The van der Waals surface area contributed by atoms with E-state index in [0.29, 0.717) is 40.4 Å². The number of nitrogens with one attached hydrogen (secondary N) is 2. The number of rotatable bonds is 6. The molecule has 0 saturated heterocycles. The maximum Gasteiger partial charge on any atom is 0.256 e. The Hall–Kier alpha value is -3.15. The number of hydrogen-bond donors (Lipinski definition) is 2. The van der Waals surface area contributed by atoms with Crippen LogP contribution in [0.1, 0.15) is 38.2 Å². The molecular weight excluding hydrogens is 536 g/mol. The summed E-state index contributed by atoms with van der Waals surface area (Å²) in [7, 11) is 1.65. The van der Waals surface area contributed by atoms with E-state index in [9.17, 15) is 18.4 Å². The van der Waals surface area contributed by atoms with Gasteiger partial charge in [-0.15, -0.1) is 0 Å². The molecule has 1 aliphatic carbocycles. The van der Waals surface area contributed by atoms with Crippen LogP contribution >= 0.6 is 15.9 Å². The SMILES string of the molecule is CNC(=O)[C@]1(C)CC[C@@H](Nc2ncc3c(Br)nn(-c4ccc5c(c4)CCC(=O)N5CC(F)F)c3n2)C1. The van der Waals surface area contributed by atoms with Crippen molar-refractivity contribution in [1.29, 1.82) is 0 Å². The van der Waals surface area contributed by atoms with Crippen molar-refractivity contribution < 1.29 is 18.4 Å². The van der Waals surface area contributed by atoms with Crippen molar-refractivity contribution in [2.75, 3.05) is 23.8 Å². The Labute approximate surface area is 214 Å². The summed E-state index contributed by atoms with van der Waals surface area (Å²) < 4.78 is 28.3. The lowest BCUT2D eigenvalue weighted by molar-refractivity contribution is -0.129. The van der Waals surface area contributed by atoms with Crippen molar-refractivity contribution in [1.82, 2.24) is 25.1 Å². The van der Waals surface area contributed by atoms with Gasteiger partial charge in [-0.1, -0.05) is 6.92 Å². The number of anilines is 2. The number of fused-ring (bicyclic) bond motifs is 2. The summed E-state index contributed by atoms with van der Waals surface area (Å²) in [5, 5.41) is 11.4. The van der Waals surface area contributed by atoms with Crippen LogP contribution in [0.4, 0.5) is 20.4 Å². The van der Waals surface area contributed by atoms with Crippen molar-refractivity contribution >= 4 is 50.4 Å². The Kier molecular flexibility index (Phi) is 6.39. The highest BCUT2D eigenvalue weighted by molar-refractivity contribution is 9.10. The van der Waals surface area contributed by atoms with E-state index >= 15 is 0 Å². The van der Waals surface area contributed by atoms with Gasteiger partial charge in [-0.2, -0.15) is 10.1 Å². The summed E-state index contributed by atoms with van der Waals surface area (Å²) in [6.07, 6.45) is 2.00. The minimum Gasteiger partial charge on any atom is -0.359 e. The molecule has 2 N–H and O–H groups in total. The molecule has 190 valence electrons. The van der Waals surface area contributed by atoms with Crippen LogP contribution in [0.5, 0.6) is 0 Å². The maximum atomic E-state index is 13.0.